The average molecular weight is 298 g/mol. The van der Waals surface area contributed by atoms with E-state index in [1.165, 1.54) is 0 Å². The molecule has 0 aromatic heterocycles. The molecule has 1 heterocycles. The summed E-state index contributed by atoms with van der Waals surface area (Å²) in [6, 6.07) is 0. The summed E-state index contributed by atoms with van der Waals surface area (Å²) in [5.41, 5.74) is -1.63. The monoisotopic (exact) mass is 298 g/mol. The molecular weight excluding hydrogens is 268 g/mol. The van der Waals surface area contributed by atoms with Gasteiger partial charge in [0.1, 0.15) is 11.1 Å². The molecule has 0 saturated carbocycles. The minimum absolute atomic E-state index is 0.0427. The number of piperazine rings is 1. The highest BCUT2D eigenvalue weighted by Crippen LogP contribution is 2.28. The standard InChI is InChI=1S/C16H30N2O3/c1-7-16(6)13(19)17-15(4,5)14(20)18(16)9-11-21-10-8-12(2)3/h12H,7-11H2,1-6H3,(H,17,19). The highest BCUT2D eigenvalue weighted by atomic mass is 16.5. The lowest BCUT2D eigenvalue weighted by molar-refractivity contribution is -0.162. The molecule has 1 atom stereocenters. The molecule has 21 heavy (non-hydrogen) atoms. The second kappa shape index (κ2) is 6.77. The van der Waals surface area contributed by atoms with Crippen LogP contribution in [0.4, 0.5) is 0 Å². The van der Waals surface area contributed by atoms with E-state index in [0.717, 1.165) is 6.42 Å². The average Bonchev–Trinajstić information content (AvgIpc) is 2.39. The predicted molar refractivity (Wildman–Crippen MR) is 82.9 cm³/mol. The topological polar surface area (TPSA) is 58.6 Å². The number of nitrogens with zero attached hydrogens (tertiary/aromatic N) is 1. The summed E-state index contributed by atoms with van der Waals surface area (Å²) in [6.45, 7) is 13.2. The number of ether oxygens (including phenoxy) is 1. The Balaban J connectivity index is 2.69. The lowest BCUT2D eigenvalue weighted by Gasteiger charge is -2.48. The van der Waals surface area contributed by atoms with Gasteiger partial charge < -0.3 is 15.0 Å². The molecule has 0 radical (unpaired) electrons. The molecule has 0 spiro atoms. The summed E-state index contributed by atoms with van der Waals surface area (Å²) in [6.07, 6.45) is 1.59. The first kappa shape index (κ1) is 18.0. The number of nitrogens with one attached hydrogen (secondary N) is 1. The van der Waals surface area contributed by atoms with Crippen LogP contribution in [-0.4, -0.2) is 47.6 Å². The van der Waals surface area contributed by atoms with E-state index in [0.29, 0.717) is 32.1 Å². The van der Waals surface area contributed by atoms with Gasteiger partial charge in [0.15, 0.2) is 0 Å². The summed E-state index contributed by atoms with van der Waals surface area (Å²) in [5, 5.41) is 2.82. The molecule has 1 rings (SSSR count). The first-order chi connectivity index (χ1) is 9.65. The second-order valence-electron chi connectivity index (χ2n) is 6.96. The fourth-order valence-corrected chi connectivity index (χ4v) is 2.43. The largest absolute Gasteiger partial charge is 0.380 e. The van der Waals surface area contributed by atoms with Crippen LogP contribution in [0.15, 0.2) is 0 Å². The van der Waals surface area contributed by atoms with E-state index in [2.05, 4.69) is 19.2 Å². The first-order valence-corrected chi connectivity index (χ1v) is 7.87. The van der Waals surface area contributed by atoms with Crippen molar-refractivity contribution in [3.8, 4) is 0 Å². The maximum atomic E-state index is 12.6. The normalized spacial score (nSPS) is 25.4. The third kappa shape index (κ3) is 3.96. The Kier molecular flexibility index (Phi) is 5.79. The molecule has 1 unspecified atom stereocenters. The van der Waals surface area contributed by atoms with Gasteiger partial charge in [0, 0.05) is 13.2 Å². The lowest BCUT2D eigenvalue weighted by Crippen LogP contribution is -2.73. The van der Waals surface area contributed by atoms with E-state index in [1.807, 2.05) is 13.8 Å². The molecule has 5 heteroatoms. The summed E-state index contributed by atoms with van der Waals surface area (Å²) in [4.78, 5) is 26.6. The van der Waals surface area contributed by atoms with Gasteiger partial charge in [-0.15, -0.1) is 0 Å². The minimum Gasteiger partial charge on any atom is -0.380 e. The van der Waals surface area contributed by atoms with Crippen LogP contribution >= 0.6 is 0 Å². The van der Waals surface area contributed by atoms with Crippen molar-refractivity contribution in [1.29, 1.82) is 0 Å². The zero-order valence-corrected chi connectivity index (χ0v) is 14.3. The Morgan fingerprint density at radius 2 is 1.81 bits per heavy atom. The molecule has 1 saturated heterocycles. The number of rotatable bonds is 7. The third-order valence-corrected chi connectivity index (χ3v) is 4.28. The van der Waals surface area contributed by atoms with Crippen LogP contribution in [-0.2, 0) is 14.3 Å². The molecule has 0 aromatic carbocycles. The van der Waals surface area contributed by atoms with Crippen LogP contribution in [0.3, 0.4) is 0 Å². The van der Waals surface area contributed by atoms with Crippen molar-refractivity contribution >= 4 is 11.8 Å². The zero-order valence-electron chi connectivity index (χ0n) is 14.3. The number of hydrogen-bond acceptors (Lipinski definition) is 3. The third-order valence-electron chi connectivity index (χ3n) is 4.28. The van der Waals surface area contributed by atoms with Gasteiger partial charge in [-0.05, 0) is 39.5 Å². The SMILES string of the molecule is CCC1(C)C(=O)NC(C)(C)C(=O)N1CCOCCC(C)C. The maximum Gasteiger partial charge on any atom is 0.248 e. The van der Waals surface area contributed by atoms with Gasteiger partial charge in [-0.3, -0.25) is 9.59 Å². The lowest BCUT2D eigenvalue weighted by atomic mass is 9.86. The molecule has 0 aliphatic carbocycles. The van der Waals surface area contributed by atoms with Crippen molar-refractivity contribution in [3.05, 3.63) is 0 Å². The van der Waals surface area contributed by atoms with Crippen LogP contribution in [0.2, 0.25) is 0 Å². The van der Waals surface area contributed by atoms with E-state index in [9.17, 15) is 9.59 Å². The van der Waals surface area contributed by atoms with E-state index in [4.69, 9.17) is 4.74 Å². The second-order valence-corrected chi connectivity index (χ2v) is 6.96. The molecule has 1 aliphatic heterocycles. The molecule has 1 aliphatic rings. The van der Waals surface area contributed by atoms with Crippen molar-refractivity contribution in [2.45, 2.75) is 65.5 Å². The fraction of sp³-hybridized carbons (Fsp3) is 0.875. The van der Waals surface area contributed by atoms with Gasteiger partial charge >= 0.3 is 0 Å². The van der Waals surface area contributed by atoms with Crippen LogP contribution in [0, 0.1) is 5.92 Å². The van der Waals surface area contributed by atoms with E-state index in [-0.39, 0.29) is 11.8 Å². The van der Waals surface area contributed by atoms with Gasteiger partial charge in [0.2, 0.25) is 11.8 Å². The van der Waals surface area contributed by atoms with Crippen LogP contribution < -0.4 is 5.32 Å². The minimum atomic E-state index is -0.844. The first-order valence-electron chi connectivity index (χ1n) is 7.87. The number of carbonyl (C=O) groups is 2. The zero-order chi connectivity index (χ0) is 16.3. The number of carbonyl (C=O) groups excluding carboxylic acids is 2. The van der Waals surface area contributed by atoms with Crippen LogP contribution in [0.1, 0.15) is 54.4 Å². The Bertz CT molecular complexity index is 393. The Morgan fingerprint density at radius 3 is 2.33 bits per heavy atom. The highest BCUT2D eigenvalue weighted by Gasteiger charge is 2.51. The quantitative estimate of drug-likeness (QED) is 0.731. The van der Waals surface area contributed by atoms with Gasteiger partial charge in [-0.25, -0.2) is 0 Å². The van der Waals surface area contributed by atoms with Gasteiger partial charge in [-0.2, -0.15) is 0 Å². The number of amides is 2. The van der Waals surface area contributed by atoms with Crippen molar-refractivity contribution in [1.82, 2.24) is 10.2 Å². The Labute approximate surface area is 128 Å². The highest BCUT2D eigenvalue weighted by molar-refractivity contribution is 6.01. The predicted octanol–water partition coefficient (Wildman–Crippen LogP) is 1.95. The summed E-state index contributed by atoms with van der Waals surface area (Å²) in [7, 11) is 0. The van der Waals surface area contributed by atoms with Gasteiger partial charge in [0.05, 0.1) is 6.61 Å². The Morgan fingerprint density at radius 1 is 1.19 bits per heavy atom. The molecular formula is C16H30N2O3. The van der Waals surface area contributed by atoms with Crippen molar-refractivity contribution in [2.75, 3.05) is 19.8 Å². The Hall–Kier alpha value is -1.10. The van der Waals surface area contributed by atoms with Crippen molar-refractivity contribution < 1.29 is 14.3 Å². The van der Waals surface area contributed by atoms with Crippen LogP contribution in [0.25, 0.3) is 0 Å². The molecule has 2 amide bonds. The molecule has 0 bridgehead atoms. The number of hydrogen-bond donors (Lipinski definition) is 1. The van der Waals surface area contributed by atoms with Crippen molar-refractivity contribution in [3.63, 3.8) is 0 Å². The van der Waals surface area contributed by atoms with E-state index < -0.39 is 11.1 Å². The van der Waals surface area contributed by atoms with Gasteiger partial charge in [0.25, 0.3) is 0 Å². The summed E-state index contributed by atoms with van der Waals surface area (Å²) in [5.74, 6) is 0.475. The molecule has 0 aromatic rings. The fourth-order valence-electron chi connectivity index (χ4n) is 2.43. The summed E-state index contributed by atoms with van der Waals surface area (Å²) < 4.78 is 5.61. The van der Waals surface area contributed by atoms with E-state index in [1.54, 1.807) is 18.7 Å². The van der Waals surface area contributed by atoms with Crippen molar-refractivity contribution in [2.24, 2.45) is 5.92 Å². The van der Waals surface area contributed by atoms with E-state index >= 15 is 0 Å². The molecule has 1 N–H and O–H groups in total. The molecule has 122 valence electrons. The molecule has 5 nitrogen and oxygen atoms in total. The molecule has 1 fully saturated rings. The summed E-state index contributed by atoms with van der Waals surface area (Å²) >= 11 is 0. The maximum absolute atomic E-state index is 12.6. The van der Waals surface area contributed by atoms with Crippen LogP contribution in [0.5, 0.6) is 0 Å². The van der Waals surface area contributed by atoms with Gasteiger partial charge in [-0.1, -0.05) is 20.8 Å². The smallest absolute Gasteiger partial charge is 0.248 e.